The fourth-order valence-electron chi connectivity index (χ4n) is 2.34. The number of rotatable bonds is 3. The van der Waals surface area contributed by atoms with Crippen LogP contribution in [0.15, 0.2) is 18.2 Å². The third-order valence-electron chi connectivity index (χ3n) is 3.69. The van der Waals surface area contributed by atoms with Gasteiger partial charge in [-0.1, -0.05) is 32.9 Å². The van der Waals surface area contributed by atoms with E-state index in [4.69, 9.17) is 5.73 Å². The van der Waals surface area contributed by atoms with Crippen LogP contribution in [0, 0.1) is 5.41 Å². The van der Waals surface area contributed by atoms with E-state index >= 15 is 0 Å². The topological polar surface area (TPSA) is 29.3 Å². The highest BCUT2D eigenvalue weighted by Crippen LogP contribution is 2.31. The van der Waals surface area contributed by atoms with Crippen LogP contribution in [-0.4, -0.2) is 11.4 Å². The highest BCUT2D eigenvalue weighted by atomic mass is 15.1. The zero-order valence-electron chi connectivity index (χ0n) is 10.6. The summed E-state index contributed by atoms with van der Waals surface area (Å²) in [6.07, 6.45) is 1.22. The Kier molecular flexibility index (Phi) is 2.94. The molecule has 1 aliphatic heterocycles. The largest absolute Gasteiger partial charge is 0.398 e. The van der Waals surface area contributed by atoms with Crippen LogP contribution in [0.5, 0.6) is 0 Å². The number of hydrogen-bond donors (Lipinski definition) is 1. The molecule has 2 heteroatoms. The molecule has 0 bridgehead atoms. The summed E-state index contributed by atoms with van der Waals surface area (Å²) < 4.78 is 0. The van der Waals surface area contributed by atoms with E-state index in [1.54, 1.807) is 0 Å². The van der Waals surface area contributed by atoms with Gasteiger partial charge in [0.1, 0.15) is 0 Å². The summed E-state index contributed by atoms with van der Waals surface area (Å²) in [6, 6.07) is 6.26. The van der Waals surface area contributed by atoms with Crippen LogP contribution in [0.2, 0.25) is 0 Å². The average Bonchev–Trinajstić information content (AvgIpc) is 2.61. The van der Waals surface area contributed by atoms with Crippen molar-refractivity contribution in [1.82, 2.24) is 4.90 Å². The van der Waals surface area contributed by atoms with Crippen molar-refractivity contribution in [2.45, 2.75) is 40.3 Å². The molecule has 2 nitrogen and oxygen atoms in total. The van der Waals surface area contributed by atoms with E-state index in [2.05, 4.69) is 37.8 Å². The fourth-order valence-corrected chi connectivity index (χ4v) is 2.34. The van der Waals surface area contributed by atoms with Crippen molar-refractivity contribution in [3.63, 3.8) is 0 Å². The van der Waals surface area contributed by atoms with Crippen LogP contribution in [0.3, 0.4) is 0 Å². The fraction of sp³-hybridized carbons (Fsp3) is 0.571. The average molecular weight is 218 g/mol. The maximum atomic E-state index is 6.00. The summed E-state index contributed by atoms with van der Waals surface area (Å²) in [6.45, 7) is 10.2. The number of anilines is 1. The van der Waals surface area contributed by atoms with Crippen molar-refractivity contribution in [2.75, 3.05) is 12.3 Å². The Bertz CT molecular complexity index is 382. The molecule has 0 radical (unpaired) electrons. The Labute approximate surface area is 98.4 Å². The van der Waals surface area contributed by atoms with Crippen molar-refractivity contribution in [2.24, 2.45) is 5.41 Å². The molecule has 0 aliphatic carbocycles. The molecular formula is C14H22N2. The Morgan fingerprint density at radius 2 is 2.06 bits per heavy atom. The maximum absolute atomic E-state index is 6.00. The highest BCUT2D eigenvalue weighted by Gasteiger charge is 2.25. The molecule has 2 rings (SSSR count). The summed E-state index contributed by atoms with van der Waals surface area (Å²) in [5.41, 5.74) is 10.1. The first-order valence-electron chi connectivity index (χ1n) is 6.10. The first-order chi connectivity index (χ1) is 7.52. The van der Waals surface area contributed by atoms with E-state index < -0.39 is 0 Å². The Balaban J connectivity index is 2.09. The predicted molar refractivity (Wildman–Crippen MR) is 69.0 cm³/mol. The van der Waals surface area contributed by atoms with E-state index in [0.717, 1.165) is 25.3 Å². The van der Waals surface area contributed by atoms with Gasteiger partial charge in [-0.3, -0.25) is 4.90 Å². The zero-order valence-corrected chi connectivity index (χ0v) is 10.6. The molecule has 0 fully saturated rings. The number of nitrogens with zero attached hydrogens (tertiary/aromatic N) is 1. The minimum absolute atomic E-state index is 0.400. The van der Waals surface area contributed by atoms with Crippen LogP contribution in [0.1, 0.15) is 38.3 Å². The maximum Gasteiger partial charge on any atom is 0.0363 e. The van der Waals surface area contributed by atoms with E-state index in [1.165, 1.54) is 17.5 Å². The molecule has 1 aromatic rings. The SMILES string of the molecule is CCC(C)(C)CN1Cc2cccc(N)c2C1. The van der Waals surface area contributed by atoms with E-state index in [1.807, 2.05) is 6.07 Å². The lowest BCUT2D eigenvalue weighted by Gasteiger charge is -2.28. The van der Waals surface area contributed by atoms with Crippen LogP contribution in [0.4, 0.5) is 5.69 Å². The van der Waals surface area contributed by atoms with E-state index in [9.17, 15) is 0 Å². The smallest absolute Gasteiger partial charge is 0.0363 e. The van der Waals surface area contributed by atoms with Crippen molar-refractivity contribution < 1.29 is 0 Å². The molecule has 1 aliphatic rings. The van der Waals surface area contributed by atoms with Gasteiger partial charge in [-0.2, -0.15) is 0 Å². The van der Waals surface area contributed by atoms with Gasteiger partial charge in [0, 0.05) is 25.3 Å². The molecule has 2 N–H and O–H groups in total. The first kappa shape index (κ1) is 11.5. The van der Waals surface area contributed by atoms with Gasteiger partial charge in [-0.15, -0.1) is 0 Å². The number of fused-ring (bicyclic) bond motifs is 1. The third kappa shape index (κ3) is 2.22. The molecule has 0 saturated heterocycles. The first-order valence-corrected chi connectivity index (χ1v) is 6.10. The van der Waals surface area contributed by atoms with Gasteiger partial charge in [0.25, 0.3) is 0 Å². The molecule has 0 spiro atoms. The predicted octanol–water partition coefficient (Wildman–Crippen LogP) is 3.02. The van der Waals surface area contributed by atoms with Crippen molar-refractivity contribution >= 4 is 5.69 Å². The normalized spacial score (nSPS) is 16.4. The Morgan fingerprint density at radius 3 is 2.69 bits per heavy atom. The standard InChI is InChI=1S/C14H22N2/c1-4-14(2,3)10-16-8-11-6-5-7-13(15)12(11)9-16/h5-7H,4,8-10,15H2,1-3H3. The second kappa shape index (κ2) is 4.10. The van der Waals surface area contributed by atoms with Crippen molar-refractivity contribution in [1.29, 1.82) is 0 Å². The summed E-state index contributed by atoms with van der Waals surface area (Å²) in [5, 5.41) is 0. The lowest BCUT2D eigenvalue weighted by atomic mass is 9.90. The molecule has 0 saturated carbocycles. The van der Waals surface area contributed by atoms with E-state index in [0.29, 0.717) is 5.41 Å². The van der Waals surface area contributed by atoms with Crippen LogP contribution in [-0.2, 0) is 13.1 Å². The molecule has 1 aromatic carbocycles. The van der Waals surface area contributed by atoms with Gasteiger partial charge in [-0.05, 0) is 29.0 Å². The minimum Gasteiger partial charge on any atom is -0.398 e. The molecule has 0 unspecified atom stereocenters. The monoisotopic (exact) mass is 218 g/mol. The second-order valence-corrected chi connectivity index (χ2v) is 5.65. The quantitative estimate of drug-likeness (QED) is 0.790. The Morgan fingerprint density at radius 1 is 1.31 bits per heavy atom. The summed E-state index contributed by atoms with van der Waals surface area (Å²) in [7, 11) is 0. The Hall–Kier alpha value is -1.02. The van der Waals surface area contributed by atoms with Gasteiger partial charge >= 0.3 is 0 Å². The van der Waals surface area contributed by atoms with Crippen LogP contribution >= 0.6 is 0 Å². The second-order valence-electron chi connectivity index (χ2n) is 5.65. The van der Waals surface area contributed by atoms with Gasteiger partial charge in [0.05, 0.1) is 0 Å². The lowest BCUT2D eigenvalue weighted by Crippen LogP contribution is -2.30. The molecule has 0 aromatic heterocycles. The van der Waals surface area contributed by atoms with Gasteiger partial charge in [0.15, 0.2) is 0 Å². The summed E-state index contributed by atoms with van der Waals surface area (Å²) in [4.78, 5) is 2.50. The van der Waals surface area contributed by atoms with Crippen LogP contribution < -0.4 is 5.73 Å². The molecule has 88 valence electrons. The van der Waals surface area contributed by atoms with Gasteiger partial charge < -0.3 is 5.73 Å². The minimum atomic E-state index is 0.400. The zero-order chi connectivity index (χ0) is 11.8. The molecule has 0 amide bonds. The highest BCUT2D eigenvalue weighted by molar-refractivity contribution is 5.52. The summed E-state index contributed by atoms with van der Waals surface area (Å²) >= 11 is 0. The number of nitrogens with two attached hydrogens (primary N) is 1. The molecule has 16 heavy (non-hydrogen) atoms. The molecule has 1 heterocycles. The molecular weight excluding hydrogens is 196 g/mol. The van der Waals surface area contributed by atoms with Crippen molar-refractivity contribution in [3.8, 4) is 0 Å². The van der Waals surface area contributed by atoms with Crippen molar-refractivity contribution in [3.05, 3.63) is 29.3 Å². The number of benzene rings is 1. The van der Waals surface area contributed by atoms with E-state index in [-0.39, 0.29) is 0 Å². The lowest BCUT2D eigenvalue weighted by molar-refractivity contribution is 0.174. The van der Waals surface area contributed by atoms with Crippen LogP contribution in [0.25, 0.3) is 0 Å². The third-order valence-corrected chi connectivity index (χ3v) is 3.69. The van der Waals surface area contributed by atoms with Gasteiger partial charge in [-0.25, -0.2) is 0 Å². The number of nitrogen functional groups attached to an aromatic ring is 1. The molecule has 0 atom stereocenters. The summed E-state index contributed by atoms with van der Waals surface area (Å²) in [5.74, 6) is 0. The number of hydrogen-bond acceptors (Lipinski definition) is 2. The van der Waals surface area contributed by atoms with Gasteiger partial charge in [0.2, 0.25) is 0 Å².